The van der Waals surface area contributed by atoms with E-state index in [0.717, 1.165) is 6.26 Å². The van der Waals surface area contributed by atoms with Gasteiger partial charge in [-0.2, -0.15) is 0 Å². The first kappa shape index (κ1) is 15.9. The van der Waals surface area contributed by atoms with Crippen LogP contribution in [0.15, 0.2) is 18.2 Å². The molecule has 8 heteroatoms. The zero-order chi connectivity index (χ0) is 15.8. The van der Waals surface area contributed by atoms with Crippen molar-refractivity contribution in [1.29, 1.82) is 0 Å². The molecule has 1 heterocycles. The van der Waals surface area contributed by atoms with Crippen molar-refractivity contribution in [3.63, 3.8) is 0 Å². The van der Waals surface area contributed by atoms with E-state index >= 15 is 0 Å². The Balaban J connectivity index is 2.47. The third kappa shape index (κ3) is 3.41. The number of fused-ring (bicyclic) bond motifs is 1. The van der Waals surface area contributed by atoms with Crippen molar-refractivity contribution in [2.75, 3.05) is 31.2 Å². The summed E-state index contributed by atoms with van der Waals surface area (Å²) in [6, 6.07) is 4.71. The molecule has 0 N–H and O–H groups in total. The molecule has 1 aromatic rings. The largest absolute Gasteiger partial charge is 0.478 e. The van der Waals surface area contributed by atoms with Gasteiger partial charge in [-0.05, 0) is 18.2 Å². The fraction of sp³-hybridized carbons (Fsp3) is 0.462. The maximum Gasteiger partial charge on any atom is 0.263 e. The zero-order valence-electron chi connectivity index (χ0n) is 12.0. The second kappa shape index (κ2) is 5.73. The molecule has 0 radical (unpaired) electrons. The molecule has 0 aromatic heterocycles. The lowest BCUT2D eigenvalue weighted by atomic mass is 10.2. The van der Waals surface area contributed by atoms with E-state index < -0.39 is 16.1 Å². The summed E-state index contributed by atoms with van der Waals surface area (Å²) in [5, 5.41) is 0.406. The Morgan fingerprint density at radius 1 is 1.43 bits per heavy atom. The van der Waals surface area contributed by atoms with Gasteiger partial charge in [-0.3, -0.25) is 9.10 Å². The van der Waals surface area contributed by atoms with Gasteiger partial charge in [-0.15, -0.1) is 0 Å². The van der Waals surface area contributed by atoms with Crippen LogP contribution in [0.3, 0.4) is 0 Å². The number of nitrogens with zero attached hydrogens (tertiary/aromatic N) is 2. The van der Waals surface area contributed by atoms with Crippen molar-refractivity contribution in [2.24, 2.45) is 0 Å². The summed E-state index contributed by atoms with van der Waals surface area (Å²) >= 11 is 5.94. The number of carbonyl (C=O) groups excluding carboxylic acids is 1. The fourth-order valence-corrected chi connectivity index (χ4v) is 3.26. The highest BCUT2D eigenvalue weighted by molar-refractivity contribution is 7.92. The van der Waals surface area contributed by atoms with Gasteiger partial charge in [0.1, 0.15) is 5.75 Å². The van der Waals surface area contributed by atoms with Gasteiger partial charge in [0.25, 0.3) is 5.91 Å². The number of amides is 1. The number of carbonyl (C=O) groups is 1. The lowest BCUT2D eigenvalue weighted by Crippen LogP contribution is -2.39. The topological polar surface area (TPSA) is 66.9 Å². The molecule has 0 saturated heterocycles. The average Bonchev–Trinajstić information content (AvgIpc) is 2.56. The molecule has 116 valence electrons. The second-order valence-electron chi connectivity index (χ2n) is 5.08. The van der Waals surface area contributed by atoms with E-state index in [2.05, 4.69) is 0 Å². The smallest absolute Gasteiger partial charge is 0.263 e. The summed E-state index contributed by atoms with van der Waals surface area (Å²) < 4.78 is 30.8. The molecule has 0 aliphatic carbocycles. The van der Waals surface area contributed by atoms with Crippen molar-refractivity contribution in [3.8, 4) is 5.75 Å². The minimum absolute atomic E-state index is 0.163. The number of rotatable bonds is 2. The summed E-state index contributed by atoms with van der Waals surface area (Å²) in [7, 11) is -0.214. The van der Waals surface area contributed by atoms with Crippen molar-refractivity contribution in [2.45, 2.75) is 12.5 Å². The molecule has 0 bridgehead atoms. The Morgan fingerprint density at radius 2 is 2.10 bits per heavy atom. The monoisotopic (exact) mass is 332 g/mol. The highest BCUT2D eigenvalue weighted by Gasteiger charge is 2.31. The van der Waals surface area contributed by atoms with Crippen LogP contribution in [-0.2, 0) is 14.8 Å². The highest BCUT2D eigenvalue weighted by Crippen LogP contribution is 2.36. The SMILES string of the molecule is CN(C)C(=O)[C@@H]1CCN(S(C)(=O)=O)c2cc(Cl)ccc2O1. The Bertz CT molecular complexity index is 660. The van der Waals surface area contributed by atoms with Gasteiger partial charge in [0, 0.05) is 32.1 Å². The summed E-state index contributed by atoms with van der Waals surface area (Å²) in [4.78, 5) is 13.5. The molecular formula is C13H17ClN2O4S. The molecule has 1 aliphatic rings. The maximum absolute atomic E-state index is 12.1. The molecular weight excluding hydrogens is 316 g/mol. The third-order valence-electron chi connectivity index (χ3n) is 3.17. The molecule has 2 rings (SSSR count). The molecule has 21 heavy (non-hydrogen) atoms. The number of ether oxygens (including phenoxy) is 1. The van der Waals surface area contributed by atoms with E-state index in [1.54, 1.807) is 26.2 Å². The van der Waals surface area contributed by atoms with Gasteiger partial charge in [0.05, 0.1) is 11.9 Å². The number of benzene rings is 1. The standard InChI is InChI=1S/C13H17ClN2O4S/c1-15(2)13(17)12-6-7-16(21(3,18)19)10-8-9(14)4-5-11(10)20-12/h4-5,8,12H,6-7H2,1-3H3/t12-/m0/s1. The first-order valence-electron chi connectivity index (χ1n) is 6.35. The maximum atomic E-state index is 12.1. The minimum atomic E-state index is -3.48. The van der Waals surface area contributed by atoms with Crippen LogP contribution in [-0.4, -0.2) is 52.2 Å². The van der Waals surface area contributed by atoms with Crippen LogP contribution in [0.2, 0.25) is 5.02 Å². The number of anilines is 1. The molecule has 0 spiro atoms. The normalized spacial score (nSPS) is 18.5. The van der Waals surface area contributed by atoms with E-state index in [-0.39, 0.29) is 18.9 Å². The van der Waals surface area contributed by atoms with Gasteiger partial charge in [-0.1, -0.05) is 11.6 Å². The minimum Gasteiger partial charge on any atom is -0.478 e. The molecule has 1 amide bonds. The summed E-state index contributed by atoms with van der Waals surface area (Å²) in [5.74, 6) is 0.133. The summed E-state index contributed by atoms with van der Waals surface area (Å²) in [6.07, 6.45) is 0.675. The van der Waals surface area contributed by atoms with Crippen molar-refractivity contribution in [1.82, 2.24) is 4.90 Å². The van der Waals surface area contributed by atoms with E-state index in [4.69, 9.17) is 16.3 Å². The van der Waals surface area contributed by atoms with Crippen molar-refractivity contribution in [3.05, 3.63) is 23.2 Å². The molecule has 1 aromatic carbocycles. The Hall–Kier alpha value is -1.47. The molecule has 1 atom stereocenters. The van der Waals surface area contributed by atoms with Gasteiger partial charge in [0.15, 0.2) is 6.10 Å². The van der Waals surface area contributed by atoms with E-state index in [1.165, 1.54) is 15.3 Å². The van der Waals surface area contributed by atoms with Crippen LogP contribution >= 0.6 is 11.6 Å². The van der Waals surface area contributed by atoms with Crippen LogP contribution in [0, 0.1) is 0 Å². The second-order valence-corrected chi connectivity index (χ2v) is 7.42. The molecule has 1 aliphatic heterocycles. The van der Waals surface area contributed by atoms with Gasteiger partial charge < -0.3 is 9.64 Å². The highest BCUT2D eigenvalue weighted by atomic mass is 35.5. The molecule has 6 nitrogen and oxygen atoms in total. The van der Waals surface area contributed by atoms with Crippen molar-refractivity contribution >= 4 is 33.2 Å². The van der Waals surface area contributed by atoms with Gasteiger partial charge >= 0.3 is 0 Å². The van der Waals surface area contributed by atoms with E-state index in [0.29, 0.717) is 16.5 Å². The van der Waals surface area contributed by atoms with E-state index in [9.17, 15) is 13.2 Å². The van der Waals surface area contributed by atoms with Crippen LogP contribution < -0.4 is 9.04 Å². The third-order valence-corrected chi connectivity index (χ3v) is 4.58. The average molecular weight is 333 g/mol. The number of hydrogen-bond acceptors (Lipinski definition) is 4. The number of halogens is 1. The number of likely N-dealkylation sites (N-methyl/N-ethyl adjacent to an activating group) is 1. The lowest BCUT2D eigenvalue weighted by molar-refractivity contribution is -0.136. The predicted octanol–water partition coefficient (Wildman–Crippen LogP) is 1.35. The van der Waals surface area contributed by atoms with Gasteiger partial charge in [-0.25, -0.2) is 8.42 Å². The predicted molar refractivity (Wildman–Crippen MR) is 81.4 cm³/mol. The Labute approximate surface area is 129 Å². The quantitative estimate of drug-likeness (QED) is 0.820. The first-order chi connectivity index (χ1) is 9.70. The number of hydrogen-bond donors (Lipinski definition) is 0. The first-order valence-corrected chi connectivity index (χ1v) is 8.58. The fourth-order valence-electron chi connectivity index (χ4n) is 2.16. The number of sulfonamides is 1. The Kier molecular flexibility index (Phi) is 4.34. The van der Waals surface area contributed by atoms with E-state index in [1.807, 2.05) is 0 Å². The molecule has 0 fully saturated rings. The summed E-state index contributed by atoms with van der Waals surface area (Å²) in [5.41, 5.74) is 0.360. The summed E-state index contributed by atoms with van der Waals surface area (Å²) in [6.45, 7) is 0.163. The van der Waals surface area contributed by atoms with Crippen LogP contribution in [0.4, 0.5) is 5.69 Å². The zero-order valence-corrected chi connectivity index (χ0v) is 13.6. The molecule has 0 unspecified atom stereocenters. The Morgan fingerprint density at radius 3 is 2.67 bits per heavy atom. The van der Waals surface area contributed by atoms with Crippen LogP contribution in [0.25, 0.3) is 0 Å². The lowest BCUT2D eigenvalue weighted by Gasteiger charge is -2.21. The van der Waals surface area contributed by atoms with Crippen LogP contribution in [0.1, 0.15) is 6.42 Å². The van der Waals surface area contributed by atoms with Gasteiger partial charge in [0.2, 0.25) is 10.0 Å². The van der Waals surface area contributed by atoms with Crippen molar-refractivity contribution < 1.29 is 17.9 Å². The molecule has 0 saturated carbocycles. The van der Waals surface area contributed by atoms with Crippen LogP contribution in [0.5, 0.6) is 5.75 Å².